The molecule has 1 unspecified atom stereocenters. The molecule has 6 heteroatoms. The van der Waals surface area contributed by atoms with Crippen molar-refractivity contribution < 1.29 is 14.3 Å². The molecule has 0 radical (unpaired) electrons. The van der Waals surface area contributed by atoms with Crippen LogP contribution >= 0.6 is 22.9 Å². The second kappa shape index (κ2) is 7.34. The first-order chi connectivity index (χ1) is 11.1. The van der Waals surface area contributed by atoms with Crippen molar-refractivity contribution in [1.29, 1.82) is 0 Å². The van der Waals surface area contributed by atoms with E-state index in [4.69, 9.17) is 21.1 Å². The number of carbonyl (C=O) groups excluding carboxylic acids is 1. The van der Waals surface area contributed by atoms with Gasteiger partial charge in [0.05, 0.1) is 21.0 Å². The Kier molecular flexibility index (Phi) is 5.20. The molecule has 0 aliphatic carbocycles. The van der Waals surface area contributed by atoms with Crippen molar-refractivity contribution in [2.75, 3.05) is 18.5 Å². The lowest BCUT2D eigenvalue weighted by molar-refractivity contribution is 0.0681. The van der Waals surface area contributed by atoms with Gasteiger partial charge in [-0.2, -0.15) is 0 Å². The second-order valence-corrected chi connectivity index (χ2v) is 7.22. The molecule has 1 aromatic carbocycles. The van der Waals surface area contributed by atoms with Gasteiger partial charge in [0.15, 0.2) is 0 Å². The number of carbonyl (C=O) groups is 1. The van der Waals surface area contributed by atoms with Crippen LogP contribution in [0.5, 0.6) is 5.75 Å². The molecule has 1 saturated heterocycles. The fourth-order valence-corrected chi connectivity index (χ4v) is 3.37. The molecule has 2 heterocycles. The van der Waals surface area contributed by atoms with E-state index in [-0.39, 0.29) is 12.0 Å². The Morgan fingerprint density at radius 1 is 1.43 bits per heavy atom. The lowest BCUT2D eigenvalue weighted by Crippen LogP contribution is -2.18. The van der Waals surface area contributed by atoms with Gasteiger partial charge in [0, 0.05) is 6.61 Å². The van der Waals surface area contributed by atoms with Crippen molar-refractivity contribution in [3.63, 3.8) is 0 Å². The number of anilines is 1. The summed E-state index contributed by atoms with van der Waals surface area (Å²) in [5.74, 6) is 0.476. The van der Waals surface area contributed by atoms with E-state index in [1.54, 1.807) is 12.1 Å². The van der Waals surface area contributed by atoms with Crippen molar-refractivity contribution >= 4 is 34.5 Å². The molecule has 0 spiro atoms. The van der Waals surface area contributed by atoms with Gasteiger partial charge in [-0.3, -0.25) is 4.79 Å². The van der Waals surface area contributed by atoms with Crippen LogP contribution in [-0.4, -0.2) is 25.2 Å². The lowest BCUT2D eigenvalue weighted by atomic mass is 10.2. The molecular weight excluding hydrogens is 334 g/mol. The molecule has 1 fully saturated rings. The summed E-state index contributed by atoms with van der Waals surface area (Å²) in [5, 5.41) is 2.89. The van der Waals surface area contributed by atoms with E-state index in [9.17, 15) is 4.79 Å². The predicted molar refractivity (Wildman–Crippen MR) is 92.9 cm³/mol. The molecule has 1 amide bonds. The second-order valence-electron chi connectivity index (χ2n) is 5.50. The molecule has 3 rings (SSSR count). The van der Waals surface area contributed by atoms with Gasteiger partial charge >= 0.3 is 0 Å². The molecular formula is C17H18ClNO3S. The molecule has 2 aromatic rings. The number of hydrogen-bond acceptors (Lipinski definition) is 4. The molecule has 1 N–H and O–H groups in total. The Hall–Kier alpha value is -1.56. The van der Waals surface area contributed by atoms with Crippen molar-refractivity contribution in [2.24, 2.45) is 0 Å². The minimum atomic E-state index is -0.187. The molecule has 0 saturated carbocycles. The molecule has 23 heavy (non-hydrogen) atoms. The van der Waals surface area contributed by atoms with Crippen LogP contribution < -0.4 is 10.1 Å². The van der Waals surface area contributed by atoms with Gasteiger partial charge in [-0.25, -0.2) is 0 Å². The standard InChI is InChI=1S/C17H18ClNO3S/c1-11-4-5-13(19-17(20)15-6-7-16(18)23-15)14(9-11)22-10-12-3-2-8-21-12/h4-7,9,12H,2-3,8,10H2,1H3,(H,19,20). The minimum absolute atomic E-state index is 0.134. The summed E-state index contributed by atoms with van der Waals surface area (Å²) < 4.78 is 12.0. The number of aryl methyl sites for hydroxylation is 1. The van der Waals surface area contributed by atoms with Crippen molar-refractivity contribution in [1.82, 2.24) is 0 Å². The number of rotatable bonds is 5. The van der Waals surface area contributed by atoms with Crippen LogP contribution in [0.4, 0.5) is 5.69 Å². The highest BCUT2D eigenvalue weighted by molar-refractivity contribution is 7.18. The maximum atomic E-state index is 12.3. The fraction of sp³-hybridized carbons (Fsp3) is 0.353. The van der Waals surface area contributed by atoms with Gasteiger partial charge in [-0.15, -0.1) is 11.3 Å². The number of hydrogen-bond donors (Lipinski definition) is 1. The molecule has 1 aliphatic heterocycles. The molecule has 122 valence electrons. The number of amides is 1. The third-order valence-corrected chi connectivity index (χ3v) is 4.86. The predicted octanol–water partition coefficient (Wildman–Crippen LogP) is 4.52. The lowest BCUT2D eigenvalue weighted by Gasteiger charge is -2.15. The summed E-state index contributed by atoms with van der Waals surface area (Å²) in [5.41, 5.74) is 1.73. The Morgan fingerprint density at radius 3 is 3.00 bits per heavy atom. The third kappa shape index (κ3) is 4.25. The molecule has 0 bridgehead atoms. The van der Waals surface area contributed by atoms with E-state index >= 15 is 0 Å². The maximum absolute atomic E-state index is 12.3. The van der Waals surface area contributed by atoms with E-state index in [1.807, 2.05) is 25.1 Å². The summed E-state index contributed by atoms with van der Waals surface area (Å²) in [4.78, 5) is 12.9. The maximum Gasteiger partial charge on any atom is 0.265 e. The van der Waals surface area contributed by atoms with E-state index in [1.165, 1.54) is 11.3 Å². The first-order valence-electron chi connectivity index (χ1n) is 7.53. The van der Waals surface area contributed by atoms with Crippen LogP contribution in [0.3, 0.4) is 0 Å². The minimum Gasteiger partial charge on any atom is -0.489 e. The van der Waals surface area contributed by atoms with E-state index in [0.29, 0.717) is 27.3 Å². The molecule has 1 aliphatic rings. The summed E-state index contributed by atoms with van der Waals surface area (Å²) in [6, 6.07) is 9.14. The fourth-order valence-electron chi connectivity index (χ4n) is 2.43. The van der Waals surface area contributed by atoms with Gasteiger partial charge in [0.1, 0.15) is 12.4 Å². The van der Waals surface area contributed by atoms with Gasteiger partial charge in [-0.05, 0) is 49.6 Å². The monoisotopic (exact) mass is 351 g/mol. The zero-order valence-corrected chi connectivity index (χ0v) is 14.4. The van der Waals surface area contributed by atoms with Gasteiger partial charge in [0.25, 0.3) is 5.91 Å². The van der Waals surface area contributed by atoms with Crippen molar-refractivity contribution in [3.05, 3.63) is 45.1 Å². The van der Waals surface area contributed by atoms with Crippen LogP contribution in [0, 0.1) is 6.92 Å². The molecule has 4 nitrogen and oxygen atoms in total. The highest BCUT2D eigenvalue weighted by Gasteiger charge is 2.18. The zero-order valence-electron chi connectivity index (χ0n) is 12.8. The van der Waals surface area contributed by atoms with Crippen LogP contribution in [0.15, 0.2) is 30.3 Å². The average Bonchev–Trinajstić information content (AvgIpc) is 3.18. The zero-order chi connectivity index (χ0) is 16.2. The Balaban J connectivity index is 1.71. The largest absolute Gasteiger partial charge is 0.489 e. The summed E-state index contributed by atoms with van der Waals surface area (Å²) >= 11 is 7.13. The smallest absolute Gasteiger partial charge is 0.265 e. The summed E-state index contributed by atoms with van der Waals surface area (Å²) in [7, 11) is 0. The summed E-state index contributed by atoms with van der Waals surface area (Å²) in [6.45, 7) is 3.28. The van der Waals surface area contributed by atoms with Gasteiger partial charge in [0.2, 0.25) is 0 Å². The van der Waals surface area contributed by atoms with Crippen LogP contribution in [-0.2, 0) is 4.74 Å². The summed E-state index contributed by atoms with van der Waals surface area (Å²) in [6.07, 6.45) is 2.22. The highest BCUT2D eigenvalue weighted by atomic mass is 35.5. The number of thiophene rings is 1. The molecule has 1 aromatic heterocycles. The quantitative estimate of drug-likeness (QED) is 0.861. The van der Waals surface area contributed by atoms with Crippen molar-refractivity contribution in [3.8, 4) is 5.75 Å². The number of benzene rings is 1. The normalized spacial score (nSPS) is 17.2. The van der Waals surface area contributed by atoms with E-state index in [0.717, 1.165) is 25.0 Å². The van der Waals surface area contributed by atoms with Crippen LogP contribution in [0.2, 0.25) is 4.34 Å². The van der Waals surface area contributed by atoms with Crippen LogP contribution in [0.1, 0.15) is 28.1 Å². The van der Waals surface area contributed by atoms with Gasteiger partial charge in [-0.1, -0.05) is 17.7 Å². The highest BCUT2D eigenvalue weighted by Crippen LogP contribution is 2.29. The van der Waals surface area contributed by atoms with Crippen molar-refractivity contribution in [2.45, 2.75) is 25.9 Å². The first-order valence-corrected chi connectivity index (χ1v) is 8.73. The van der Waals surface area contributed by atoms with E-state index in [2.05, 4.69) is 5.32 Å². The van der Waals surface area contributed by atoms with E-state index < -0.39 is 0 Å². The Bertz CT molecular complexity index is 695. The topological polar surface area (TPSA) is 47.6 Å². The molecule has 1 atom stereocenters. The number of ether oxygens (including phenoxy) is 2. The average molecular weight is 352 g/mol. The Labute approximate surface area is 144 Å². The Morgan fingerprint density at radius 2 is 2.30 bits per heavy atom. The van der Waals surface area contributed by atoms with Gasteiger partial charge < -0.3 is 14.8 Å². The number of nitrogens with one attached hydrogen (secondary N) is 1. The SMILES string of the molecule is Cc1ccc(NC(=O)c2ccc(Cl)s2)c(OCC2CCCO2)c1. The third-order valence-electron chi connectivity index (χ3n) is 3.63. The number of halogens is 1. The van der Waals surface area contributed by atoms with Crippen LogP contribution in [0.25, 0.3) is 0 Å². The first kappa shape index (κ1) is 16.3.